The predicted octanol–water partition coefficient (Wildman–Crippen LogP) is 20.4. The second kappa shape index (κ2) is 18.0. The molecule has 82 heavy (non-hydrogen) atoms. The molecule has 4 aliphatic rings. The number of rotatable bonds is 5. The Labute approximate surface area is 495 Å². The molecule has 418 valence electrons. The largest absolute Gasteiger partial charge is 0.311 e. The van der Waals surface area contributed by atoms with Gasteiger partial charge in [-0.1, -0.05) is 184 Å². The van der Waals surface area contributed by atoms with Crippen LogP contribution in [0.15, 0.2) is 140 Å². The second-order valence-corrected chi connectivity index (χ2v) is 32.1. The molecular formula is C77H86BN3S. The molecule has 9 aromatic rings. The first kappa shape index (κ1) is 54.7. The highest BCUT2D eigenvalue weighted by Gasteiger charge is 2.49. The maximum atomic E-state index is 2.74. The summed E-state index contributed by atoms with van der Waals surface area (Å²) >= 11 is 1.95. The Hall–Kier alpha value is -6.56. The van der Waals surface area contributed by atoms with Crippen LogP contribution in [0, 0.1) is 13.8 Å². The molecule has 0 N–H and O–H groups in total. The molecular weight excluding hydrogens is 1010 g/mol. The van der Waals surface area contributed by atoms with Gasteiger partial charge in [-0.3, -0.25) is 0 Å². The van der Waals surface area contributed by atoms with Crippen molar-refractivity contribution in [3.05, 3.63) is 190 Å². The van der Waals surface area contributed by atoms with Crippen molar-refractivity contribution in [3.63, 3.8) is 0 Å². The Bertz CT molecular complexity index is 4050. The maximum Gasteiger partial charge on any atom is 0.252 e. The Morgan fingerprint density at radius 1 is 0.427 bits per heavy atom. The predicted molar refractivity (Wildman–Crippen MR) is 360 cm³/mol. The SMILES string of the molecule is Cc1cc2c3c(c1)N(c1cccc4c1sc1cc(C(C)(C)C)ccc14)c1cc(N(c4ccc(C(C)(C)C)cc4)c4ccc(C(C)(C)C)cc4)ccc1B3c1cc3c(cc1N2c1cc2c(cc1C)C(C)(C)CCC2(C)C)C(C)(C)CC3(C)C. The topological polar surface area (TPSA) is 9.72 Å². The summed E-state index contributed by atoms with van der Waals surface area (Å²) in [6.45, 7) is 45.4. The van der Waals surface area contributed by atoms with Crippen LogP contribution in [-0.4, -0.2) is 6.71 Å². The molecule has 1 aromatic heterocycles. The zero-order chi connectivity index (χ0) is 58.3. The minimum absolute atomic E-state index is 0.00899. The first-order chi connectivity index (χ1) is 38.3. The smallest absolute Gasteiger partial charge is 0.252 e. The van der Waals surface area contributed by atoms with Crippen molar-refractivity contribution in [2.45, 2.75) is 189 Å². The van der Waals surface area contributed by atoms with Gasteiger partial charge in [-0.15, -0.1) is 11.3 Å². The molecule has 0 bridgehead atoms. The molecule has 0 amide bonds. The van der Waals surface area contributed by atoms with Crippen molar-refractivity contribution >= 4 is 106 Å². The lowest BCUT2D eigenvalue weighted by molar-refractivity contribution is 0.332. The van der Waals surface area contributed by atoms with Crippen molar-refractivity contribution in [3.8, 4) is 0 Å². The summed E-state index contributed by atoms with van der Waals surface area (Å²) < 4.78 is 2.65. The van der Waals surface area contributed by atoms with Crippen LogP contribution in [0.5, 0.6) is 0 Å². The molecule has 2 aliphatic heterocycles. The molecule has 0 radical (unpaired) electrons. The summed E-state index contributed by atoms with van der Waals surface area (Å²) in [5.41, 5.74) is 28.0. The van der Waals surface area contributed by atoms with Gasteiger partial charge in [0.1, 0.15) is 0 Å². The third kappa shape index (κ3) is 8.54. The zero-order valence-corrected chi connectivity index (χ0v) is 53.5. The van der Waals surface area contributed by atoms with Gasteiger partial charge in [0.05, 0.1) is 10.4 Å². The number of benzene rings is 8. The maximum absolute atomic E-state index is 2.74. The molecule has 3 heterocycles. The summed E-state index contributed by atoms with van der Waals surface area (Å²) in [5.74, 6) is 0. The highest BCUT2D eigenvalue weighted by molar-refractivity contribution is 7.26. The molecule has 3 nitrogen and oxygen atoms in total. The highest BCUT2D eigenvalue weighted by Crippen LogP contribution is 2.56. The van der Waals surface area contributed by atoms with Gasteiger partial charge >= 0.3 is 0 Å². The lowest BCUT2D eigenvalue weighted by Gasteiger charge is -2.46. The molecule has 0 atom stereocenters. The third-order valence-electron chi connectivity index (χ3n) is 19.9. The van der Waals surface area contributed by atoms with E-state index in [1.54, 1.807) is 0 Å². The van der Waals surface area contributed by atoms with Gasteiger partial charge in [0.2, 0.25) is 0 Å². The highest BCUT2D eigenvalue weighted by atomic mass is 32.1. The van der Waals surface area contributed by atoms with Crippen LogP contribution in [0.3, 0.4) is 0 Å². The van der Waals surface area contributed by atoms with E-state index in [-0.39, 0.29) is 44.6 Å². The van der Waals surface area contributed by atoms with Crippen molar-refractivity contribution in [1.82, 2.24) is 0 Å². The van der Waals surface area contributed by atoms with Gasteiger partial charge in [-0.25, -0.2) is 0 Å². The van der Waals surface area contributed by atoms with Gasteiger partial charge < -0.3 is 14.7 Å². The molecule has 0 fully saturated rings. The molecule has 2 aliphatic carbocycles. The fraction of sp³-hybridized carbons (Fsp3) is 0.377. The molecule has 0 spiro atoms. The van der Waals surface area contributed by atoms with Crippen LogP contribution in [0.25, 0.3) is 20.2 Å². The van der Waals surface area contributed by atoms with Crippen LogP contribution in [0.4, 0.5) is 51.2 Å². The zero-order valence-electron chi connectivity index (χ0n) is 52.7. The van der Waals surface area contributed by atoms with E-state index < -0.39 is 0 Å². The van der Waals surface area contributed by atoms with Crippen LogP contribution >= 0.6 is 11.3 Å². The molecule has 8 aromatic carbocycles. The number of anilines is 9. The molecule has 5 heteroatoms. The minimum Gasteiger partial charge on any atom is -0.311 e. The van der Waals surface area contributed by atoms with Gasteiger partial charge in [0.25, 0.3) is 6.71 Å². The summed E-state index contributed by atoms with van der Waals surface area (Å²) in [6, 6.07) is 56.1. The van der Waals surface area contributed by atoms with Crippen LogP contribution in [-0.2, 0) is 37.9 Å². The Kier molecular flexibility index (Phi) is 12.0. The van der Waals surface area contributed by atoms with Gasteiger partial charge in [0, 0.05) is 61.0 Å². The normalized spacial score (nSPS) is 17.4. The van der Waals surface area contributed by atoms with Crippen LogP contribution in [0.2, 0.25) is 0 Å². The first-order valence-corrected chi connectivity index (χ1v) is 31.3. The molecule has 0 saturated heterocycles. The van der Waals surface area contributed by atoms with E-state index >= 15 is 0 Å². The van der Waals surface area contributed by atoms with E-state index in [2.05, 4.69) is 286 Å². The Morgan fingerprint density at radius 2 is 0.915 bits per heavy atom. The molecule has 0 unspecified atom stereocenters. The lowest BCUT2D eigenvalue weighted by atomic mass is 9.33. The lowest BCUT2D eigenvalue weighted by Crippen LogP contribution is -2.61. The summed E-state index contributed by atoms with van der Waals surface area (Å²) in [4.78, 5) is 7.93. The summed E-state index contributed by atoms with van der Waals surface area (Å²) in [6.07, 6.45) is 3.46. The van der Waals surface area contributed by atoms with E-state index in [1.807, 2.05) is 11.3 Å². The fourth-order valence-electron chi connectivity index (χ4n) is 15.3. The van der Waals surface area contributed by atoms with Crippen LogP contribution < -0.4 is 31.1 Å². The molecule has 0 saturated carbocycles. The van der Waals surface area contributed by atoms with Crippen LogP contribution in [0.1, 0.15) is 187 Å². The molecule has 13 rings (SSSR count). The average Bonchev–Trinajstić information content (AvgIpc) is 1.12. The Balaban J connectivity index is 1.13. The monoisotopic (exact) mass is 1100 g/mol. The quantitative estimate of drug-likeness (QED) is 0.159. The van der Waals surface area contributed by atoms with E-state index in [1.165, 1.54) is 134 Å². The van der Waals surface area contributed by atoms with Crippen molar-refractivity contribution < 1.29 is 0 Å². The van der Waals surface area contributed by atoms with Gasteiger partial charge in [0.15, 0.2) is 0 Å². The van der Waals surface area contributed by atoms with E-state index in [9.17, 15) is 0 Å². The summed E-state index contributed by atoms with van der Waals surface area (Å²) in [5, 5.41) is 2.63. The standard InChI is InChI=1S/C77H86BN3S/c1-46-37-66-69-67(38-46)81(63-43-58-56(39-47(63)2)74(12,13)35-36-75(58,14)15)65-44-59-57(76(16,17)45-77(59,18)19)42-61(65)78(69)60-34-32-53(79(51-28-23-48(24-29-51)71(3,4)5)52-30-25-49(26-31-52)72(6,7)8)41-64(60)80(66)62-22-20-21-55-54-33-27-50(73(9,10)11)40-68(54)82-70(55)62/h20-34,37-44H,35-36,45H2,1-19H3. The summed E-state index contributed by atoms with van der Waals surface area (Å²) in [7, 11) is 0. The van der Waals surface area contributed by atoms with E-state index in [0.29, 0.717) is 0 Å². The Morgan fingerprint density at radius 3 is 1.49 bits per heavy atom. The number of thiophene rings is 1. The number of hydrogen-bond acceptors (Lipinski definition) is 4. The number of nitrogens with zero attached hydrogens (tertiary/aromatic N) is 3. The number of aryl methyl sites for hydroxylation is 2. The van der Waals surface area contributed by atoms with Gasteiger partial charge in [-0.2, -0.15) is 0 Å². The minimum atomic E-state index is -0.0307. The number of hydrogen-bond donors (Lipinski definition) is 0. The van der Waals surface area contributed by atoms with E-state index in [0.717, 1.165) is 23.5 Å². The number of fused-ring (bicyclic) bond motifs is 9. The first-order valence-electron chi connectivity index (χ1n) is 30.5. The van der Waals surface area contributed by atoms with Gasteiger partial charge in [-0.05, 0) is 210 Å². The average molecular weight is 1100 g/mol. The third-order valence-corrected chi connectivity index (χ3v) is 21.1. The van der Waals surface area contributed by atoms with Crippen molar-refractivity contribution in [2.75, 3.05) is 14.7 Å². The second-order valence-electron chi connectivity index (χ2n) is 31.1. The van der Waals surface area contributed by atoms with Crippen molar-refractivity contribution in [1.29, 1.82) is 0 Å². The van der Waals surface area contributed by atoms with Crippen molar-refractivity contribution in [2.24, 2.45) is 0 Å². The fourth-order valence-corrected chi connectivity index (χ4v) is 16.5. The van der Waals surface area contributed by atoms with E-state index in [4.69, 9.17) is 0 Å².